The van der Waals surface area contributed by atoms with Crippen LogP contribution < -0.4 is 4.90 Å². The van der Waals surface area contributed by atoms with Crippen molar-refractivity contribution in [2.45, 2.75) is 0 Å². The molecule has 8 aromatic carbocycles. The Bertz CT molecular complexity index is 2810. The highest BCUT2D eigenvalue weighted by Gasteiger charge is 2.19. The number of anilines is 3. The van der Waals surface area contributed by atoms with Gasteiger partial charge in [-0.1, -0.05) is 115 Å². The number of fused-ring (bicyclic) bond motifs is 8. The zero-order valence-electron chi connectivity index (χ0n) is 26.5. The van der Waals surface area contributed by atoms with Gasteiger partial charge in [-0.15, -0.1) is 0 Å². The third-order valence-electron chi connectivity index (χ3n) is 9.66. The molecule has 0 N–H and O–H groups in total. The molecule has 0 bridgehead atoms. The van der Waals surface area contributed by atoms with Crippen molar-refractivity contribution in [1.82, 2.24) is 0 Å². The Hall–Kier alpha value is -6.58. The number of furan rings is 2. The molecule has 0 unspecified atom stereocenters. The van der Waals surface area contributed by atoms with Gasteiger partial charge >= 0.3 is 0 Å². The van der Waals surface area contributed by atoms with Crippen LogP contribution in [0.3, 0.4) is 0 Å². The van der Waals surface area contributed by atoms with E-state index in [1.54, 1.807) is 0 Å². The van der Waals surface area contributed by atoms with E-state index >= 15 is 0 Å². The second-order valence-corrected chi connectivity index (χ2v) is 12.5. The summed E-state index contributed by atoms with van der Waals surface area (Å²) >= 11 is 0. The Balaban J connectivity index is 1.12. The molecule has 10 rings (SSSR count). The van der Waals surface area contributed by atoms with Crippen LogP contribution >= 0.6 is 0 Å². The standard InChI is InChI=1S/C46H29NO2/c1-3-12-30(13-4-1)40-29-41-37-27-26-34(28-44(37)49-46(41)38-17-8-7-16-36(38)40)47(32-14-5-2-6-15-32)33-24-22-31(23-25-33)35-19-11-21-43-45(35)39-18-9-10-20-42(39)48-43/h1-29H. The molecule has 0 amide bonds. The fraction of sp³-hybridized carbons (Fsp3) is 0. The lowest BCUT2D eigenvalue weighted by atomic mass is 9.95. The lowest BCUT2D eigenvalue weighted by Crippen LogP contribution is -2.09. The Morgan fingerprint density at radius 1 is 0.327 bits per heavy atom. The van der Waals surface area contributed by atoms with E-state index in [9.17, 15) is 0 Å². The van der Waals surface area contributed by atoms with E-state index in [-0.39, 0.29) is 0 Å². The average molecular weight is 628 g/mol. The Kier molecular flexibility index (Phi) is 6.18. The van der Waals surface area contributed by atoms with Crippen LogP contribution in [0.15, 0.2) is 185 Å². The largest absolute Gasteiger partial charge is 0.456 e. The number of nitrogens with zero attached hydrogens (tertiary/aromatic N) is 1. The maximum Gasteiger partial charge on any atom is 0.143 e. The van der Waals surface area contributed by atoms with Gasteiger partial charge in [0.05, 0.1) is 0 Å². The molecule has 2 aromatic heterocycles. The predicted molar refractivity (Wildman–Crippen MR) is 204 cm³/mol. The Morgan fingerprint density at radius 3 is 1.78 bits per heavy atom. The lowest BCUT2D eigenvalue weighted by Gasteiger charge is -2.25. The summed E-state index contributed by atoms with van der Waals surface area (Å²) < 4.78 is 12.9. The summed E-state index contributed by atoms with van der Waals surface area (Å²) in [5.74, 6) is 0. The third kappa shape index (κ3) is 4.44. The van der Waals surface area contributed by atoms with Crippen LogP contribution in [-0.4, -0.2) is 0 Å². The average Bonchev–Trinajstić information content (AvgIpc) is 3.74. The van der Waals surface area contributed by atoms with E-state index in [4.69, 9.17) is 8.83 Å². The Labute approximate surface area is 282 Å². The van der Waals surface area contributed by atoms with E-state index in [0.717, 1.165) is 77.5 Å². The van der Waals surface area contributed by atoms with Crippen LogP contribution in [0.4, 0.5) is 17.1 Å². The van der Waals surface area contributed by atoms with Crippen molar-refractivity contribution in [2.75, 3.05) is 4.90 Å². The quantitative estimate of drug-likeness (QED) is 0.190. The highest BCUT2D eigenvalue weighted by atomic mass is 16.3. The van der Waals surface area contributed by atoms with Crippen molar-refractivity contribution < 1.29 is 8.83 Å². The van der Waals surface area contributed by atoms with Crippen molar-refractivity contribution in [2.24, 2.45) is 0 Å². The summed E-state index contributed by atoms with van der Waals surface area (Å²) in [7, 11) is 0. The number of hydrogen-bond donors (Lipinski definition) is 0. The van der Waals surface area contributed by atoms with Crippen molar-refractivity contribution in [3.05, 3.63) is 176 Å². The van der Waals surface area contributed by atoms with Gasteiger partial charge in [-0.2, -0.15) is 0 Å². The van der Waals surface area contributed by atoms with Gasteiger partial charge < -0.3 is 13.7 Å². The van der Waals surface area contributed by atoms with Crippen molar-refractivity contribution in [1.29, 1.82) is 0 Å². The van der Waals surface area contributed by atoms with Gasteiger partial charge in [0.15, 0.2) is 0 Å². The molecule has 3 heteroatoms. The molecule has 0 atom stereocenters. The molecule has 0 saturated carbocycles. The second-order valence-electron chi connectivity index (χ2n) is 12.5. The van der Waals surface area contributed by atoms with Crippen molar-refractivity contribution in [3.8, 4) is 22.3 Å². The van der Waals surface area contributed by atoms with Gasteiger partial charge in [0.2, 0.25) is 0 Å². The normalized spacial score (nSPS) is 11.7. The molecule has 0 spiro atoms. The van der Waals surface area contributed by atoms with Gasteiger partial charge in [-0.25, -0.2) is 0 Å². The summed E-state index contributed by atoms with van der Waals surface area (Å²) in [5, 5.41) is 6.80. The zero-order valence-corrected chi connectivity index (χ0v) is 26.5. The number of hydrogen-bond acceptors (Lipinski definition) is 3. The maximum atomic E-state index is 6.73. The molecular formula is C46H29NO2. The van der Waals surface area contributed by atoms with Gasteiger partial charge in [0.1, 0.15) is 22.3 Å². The molecule has 0 radical (unpaired) electrons. The molecule has 0 aliphatic carbocycles. The summed E-state index contributed by atoms with van der Waals surface area (Å²) in [6.45, 7) is 0. The summed E-state index contributed by atoms with van der Waals surface area (Å²) in [5.41, 5.74) is 11.5. The second kappa shape index (κ2) is 11.0. The highest BCUT2D eigenvalue weighted by molar-refractivity contribution is 6.19. The first-order valence-electron chi connectivity index (χ1n) is 16.6. The molecule has 0 fully saturated rings. The highest BCUT2D eigenvalue weighted by Crippen LogP contribution is 2.43. The number of rotatable bonds is 5. The molecule has 0 aliphatic rings. The molecule has 0 saturated heterocycles. The molecule has 2 heterocycles. The van der Waals surface area contributed by atoms with Crippen molar-refractivity contribution in [3.63, 3.8) is 0 Å². The molecular weight excluding hydrogens is 599 g/mol. The number of benzene rings is 8. The van der Waals surface area contributed by atoms with Gasteiger partial charge in [0, 0.05) is 50.1 Å². The van der Waals surface area contributed by atoms with E-state index in [2.05, 4.69) is 163 Å². The van der Waals surface area contributed by atoms with Gasteiger partial charge in [0.25, 0.3) is 0 Å². The summed E-state index contributed by atoms with van der Waals surface area (Å²) in [4.78, 5) is 2.29. The summed E-state index contributed by atoms with van der Waals surface area (Å²) in [6.07, 6.45) is 0. The summed E-state index contributed by atoms with van der Waals surface area (Å²) in [6, 6.07) is 61.9. The minimum absolute atomic E-state index is 0.860. The van der Waals surface area contributed by atoms with Gasteiger partial charge in [-0.3, -0.25) is 0 Å². The van der Waals surface area contributed by atoms with Crippen molar-refractivity contribution >= 4 is 71.7 Å². The van der Waals surface area contributed by atoms with Crippen LogP contribution in [0.1, 0.15) is 0 Å². The first kappa shape index (κ1) is 27.5. The third-order valence-corrected chi connectivity index (χ3v) is 9.66. The predicted octanol–water partition coefficient (Wildman–Crippen LogP) is 13.4. The fourth-order valence-corrected chi connectivity index (χ4v) is 7.41. The lowest BCUT2D eigenvalue weighted by molar-refractivity contribution is 0.669. The van der Waals surface area contributed by atoms with E-state index in [1.807, 2.05) is 18.2 Å². The van der Waals surface area contributed by atoms with E-state index < -0.39 is 0 Å². The van der Waals surface area contributed by atoms with Crippen LogP contribution in [0.25, 0.3) is 76.9 Å². The van der Waals surface area contributed by atoms with E-state index in [1.165, 1.54) is 16.5 Å². The number of para-hydroxylation sites is 2. The molecule has 49 heavy (non-hydrogen) atoms. The fourth-order valence-electron chi connectivity index (χ4n) is 7.41. The zero-order chi connectivity index (χ0) is 32.3. The van der Waals surface area contributed by atoms with Crippen LogP contribution in [0.2, 0.25) is 0 Å². The first-order valence-corrected chi connectivity index (χ1v) is 16.6. The van der Waals surface area contributed by atoms with Crippen LogP contribution in [-0.2, 0) is 0 Å². The van der Waals surface area contributed by atoms with Crippen LogP contribution in [0, 0.1) is 0 Å². The molecule has 0 aliphatic heterocycles. The minimum atomic E-state index is 0.860. The van der Waals surface area contributed by atoms with Crippen LogP contribution in [0.5, 0.6) is 0 Å². The monoisotopic (exact) mass is 627 g/mol. The minimum Gasteiger partial charge on any atom is -0.456 e. The SMILES string of the molecule is c1ccc(-c2cc3c4ccc(N(c5ccccc5)c5ccc(-c6cccc7oc8ccccc8c67)cc5)cc4oc3c3ccccc23)cc1. The first-order chi connectivity index (χ1) is 24.3. The van der Waals surface area contributed by atoms with Gasteiger partial charge in [-0.05, 0) is 82.2 Å². The topological polar surface area (TPSA) is 29.5 Å². The smallest absolute Gasteiger partial charge is 0.143 e. The Morgan fingerprint density at radius 2 is 0.959 bits per heavy atom. The van der Waals surface area contributed by atoms with E-state index in [0.29, 0.717) is 0 Å². The molecule has 230 valence electrons. The molecule has 3 nitrogen and oxygen atoms in total. The molecule has 10 aromatic rings. The maximum absolute atomic E-state index is 6.73.